The van der Waals surface area contributed by atoms with E-state index < -0.39 is 53.4 Å². The minimum atomic E-state index is -1.32. The quantitative estimate of drug-likeness (QED) is 0.357. The molecule has 9 nitrogen and oxygen atoms in total. The van der Waals surface area contributed by atoms with Crippen LogP contribution in [0, 0.1) is 17.8 Å². The zero-order valence-corrected chi connectivity index (χ0v) is 21.6. The number of hydrogen-bond acceptors (Lipinski definition) is 6. The molecule has 7 atom stereocenters. The number of carboxylic acid groups (broad SMARTS) is 1. The average Bonchev–Trinajstić information content (AvgIpc) is 3.41. The molecular weight excluding hydrogens is 520 g/mol. The number of nitrogens with zero attached hydrogens (tertiary/aromatic N) is 2. The predicted molar refractivity (Wildman–Crippen MR) is 131 cm³/mol. The number of anilines is 1. The summed E-state index contributed by atoms with van der Waals surface area (Å²) in [7, 11) is 1.55. The Hall–Kier alpha value is -2.43. The fraction of sp³-hybridized carbons (Fsp3) is 0.560. The summed E-state index contributed by atoms with van der Waals surface area (Å²) < 4.78 is 11.5. The Bertz CT molecular complexity index is 1020. The Morgan fingerprint density at radius 1 is 1.37 bits per heavy atom. The van der Waals surface area contributed by atoms with E-state index in [1.807, 2.05) is 13.8 Å². The monoisotopic (exact) mass is 550 g/mol. The highest BCUT2D eigenvalue weighted by molar-refractivity contribution is 9.09. The first-order valence-electron chi connectivity index (χ1n) is 11.7. The average molecular weight is 551 g/mol. The van der Waals surface area contributed by atoms with Crippen LogP contribution in [0.4, 0.5) is 5.69 Å². The SMILES string of the molecule is C=CCN(C(=O)C1N([C@@H](CO)C(C)C)C(=O)[C@@H]2[C@@H](C(=O)O)[C@@H]3OC12CC3Br)c1ccc(OC)cc1. The van der Waals surface area contributed by atoms with E-state index in [-0.39, 0.29) is 23.9 Å². The maximum atomic E-state index is 14.3. The smallest absolute Gasteiger partial charge is 0.310 e. The lowest BCUT2D eigenvalue weighted by Gasteiger charge is -2.40. The highest BCUT2D eigenvalue weighted by Gasteiger charge is 2.77. The fourth-order valence-corrected chi connectivity index (χ4v) is 6.91. The van der Waals surface area contributed by atoms with Gasteiger partial charge in [0.05, 0.1) is 37.7 Å². The number of amides is 2. The number of benzene rings is 1. The van der Waals surface area contributed by atoms with Crippen molar-refractivity contribution in [2.45, 2.75) is 48.9 Å². The Labute approximate surface area is 212 Å². The van der Waals surface area contributed by atoms with Crippen LogP contribution in [-0.4, -0.2) is 81.8 Å². The third kappa shape index (κ3) is 3.86. The molecule has 10 heteroatoms. The number of aliphatic hydroxyl groups is 1. The molecule has 2 amide bonds. The number of fused-ring (bicyclic) bond motifs is 1. The molecule has 1 aromatic carbocycles. The third-order valence-electron chi connectivity index (χ3n) is 7.52. The van der Waals surface area contributed by atoms with Gasteiger partial charge in [-0.15, -0.1) is 6.58 Å². The van der Waals surface area contributed by atoms with Crippen molar-refractivity contribution in [3.8, 4) is 5.75 Å². The van der Waals surface area contributed by atoms with Gasteiger partial charge < -0.3 is 29.5 Å². The van der Waals surface area contributed by atoms with Gasteiger partial charge in [-0.1, -0.05) is 35.9 Å². The van der Waals surface area contributed by atoms with Gasteiger partial charge in [-0.05, 0) is 36.6 Å². The number of carbonyl (C=O) groups is 3. The summed E-state index contributed by atoms with van der Waals surface area (Å²) in [5, 5.41) is 20.2. The van der Waals surface area contributed by atoms with Crippen LogP contribution in [0.3, 0.4) is 0 Å². The van der Waals surface area contributed by atoms with E-state index in [9.17, 15) is 24.6 Å². The van der Waals surface area contributed by atoms with E-state index in [4.69, 9.17) is 9.47 Å². The number of carboxylic acids is 1. The summed E-state index contributed by atoms with van der Waals surface area (Å²) in [6.45, 7) is 7.30. The van der Waals surface area contributed by atoms with Crippen molar-refractivity contribution < 1.29 is 34.1 Å². The van der Waals surface area contributed by atoms with Gasteiger partial charge in [-0.25, -0.2) is 0 Å². The summed E-state index contributed by atoms with van der Waals surface area (Å²) in [5.74, 6) is -3.64. The Morgan fingerprint density at radius 2 is 2.03 bits per heavy atom. The molecule has 3 saturated heterocycles. The zero-order chi connectivity index (χ0) is 25.7. The van der Waals surface area contributed by atoms with Crippen molar-refractivity contribution in [3.05, 3.63) is 36.9 Å². The van der Waals surface area contributed by atoms with Gasteiger partial charge in [0.15, 0.2) is 0 Å². The number of ether oxygens (including phenoxy) is 2. The van der Waals surface area contributed by atoms with Gasteiger partial charge in [-0.3, -0.25) is 14.4 Å². The van der Waals surface area contributed by atoms with Crippen LogP contribution in [0.25, 0.3) is 0 Å². The lowest BCUT2D eigenvalue weighted by atomic mass is 9.70. The molecule has 0 saturated carbocycles. The fourth-order valence-electron chi connectivity index (χ4n) is 5.97. The standard InChI is InChI=1S/C25H31BrN2O7/c1-5-10-27(14-6-8-15(34-4)9-7-14)23(31)21-25-11-16(26)20(35-25)18(24(32)33)19(25)22(30)28(21)17(12-29)13(2)3/h5-9,13,16-21,29H,1,10-12H2,2-4H3,(H,32,33)/t16?,17-,18+,19-,20+,21?,25?/m0/s1. The molecule has 2 N–H and O–H groups in total. The molecule has 0 aromatic heterocycles. The first-order chi connectivity index (χ1) is 16.6. The van der Waals surface area contributed by atoms with Crippen molar-refractivity contribution in [1.82, 2.24) is 4.90 Å². The van der Waals surface area contributed by atoms with E-state index >= 15 is 0 Å². The van der Waals surface area contributed by atoms with Crippen LogP contribution in [-0.2, 0) is 19.1 Å². The van der Waals surface area contributed by atoms with E-state index in [0.29, 0.717) is 17.9 Å². The number of aliphatic carboxylic acids is 1. The molecule has 2 bridgehead atoms. The first-order valence-corrected chi connectivity index (χ1v) is 12.6. The maximum Gasteiger partial charge on any atom is 0.310 e. The largest absolute Gasteiger partial charge is 0.497 e. The van der Waals surface area contributed by atoms with Crippen molar-refractivity contribution >= 4 is 39.4 Å². The zero-order valence-electron chi connectivity index (χ0n) is 20.0. The summed E-state index contributed by atoms with van der Waals surface area (Å²) in [6, 6.07) is 5.16. The van der Waals surface area contributed by atoms with Crippen molar-refractivity contribution in [2.75, 3.05) is 25.2 Å². The minimum Gasteiger partial charge on any atom is -0.497 e. The van der Waals surface area contributed by atoms with Crippen LogP contribution in [0.2, 0.25) is 0 Å². The second-order valence-electron chi connectivity index (χ2n) is 9.68. The molecule has 3 unspecified atom stereocenters. The van der Waals surface area contributed by atoms with Crippen LogP contribution >= 0.6 is 15.9 Å². The lowest BCUT2D eigenvalue weighted by Crippen LogP contribution is -2.60. The Kier molecular flexibility index (Phi) is 7.00. The molecule has 190 valence electrons. The molecule has 35 heavy (non-hydrogen) atoms. The van der Waals surface area contributed by atoms with Gasteiger partial charge in [0.25, 0.3) is 5.91 Å². The number of rotatable bonds is 9. The second-order valence-corrected chi connectivity index (χ2v) is 10.9. The van der Waals surface area contributed by atoms with Crippen LogP contribution in [0.15, 0.2) is 36.9 Å². The van der Waals surface area contributed by atoms with Crippen LogP contribution < -0.4 is 9.64 Å². The normalized spacial score (nSPS) is 32.0. The van der Waals surface area contributed by atoms with Gasteiger partial charge in [0.1, 0.15) is 17.4 Å². The highest BCUT2D eigenvalue weighted by Crippen LogP contribution is 2.60. The molecular formula is C25H31BrN2O7. The first kappa shape index (κ1) is 25.7. The van der Waals surface area contributed by atoms with Gasteiger partial charge in [-0.2, -0.15) is 0 Å². The topological polar surface area (TPSA) is 117 Å². The van der Waals surface area contributed by atoms with Crippen molar-refractivity contribution in [3.63, 3.8) is 0 Å². The number of carbonyl (C=O) groups excluding carboxylic acids is 2. The molecule has 3 heterocycles. The molecule has 3 aliphatic heterocycles. The molecule has 1 aromatic rings. The molecule has 3 aliphatic rings. The Morgan fingerprint density at radius 3 is 2.54 bits per heavy atom. The highest BCUT2D eigenvalue weighted by atomic mass is 79.9. The number of aliphatic hydroxyl groups excluding tert-OH is 1. The van der Waals surface area contributed by atoms with Gasteiger partial charge >= 0.3 is 5.97 Å². The van der Waals surface area contributed by atoms with Crippen molar-refractivity contribution in [2.24, 2.45) is 17.8 Å². The van der Waals surface area contributed by atoms with E-state index in [0.717, 1.165) is 0 Å². The van der Waals surface area contributed by atoms with E-state index in [1.54, 1.807) is 37.5 Å². The predicted octanol–water partition coefficient (Wildman–Crippen LogP) is 2.06. The molecule has 1 spiro atoms. The number of likely N-dealkylation sites (tertiary alicyclic amines) is 1. The van der Waals surface area contributed by atoms with Crippen molar-refractivity contribution in [1.29, 1.82) is 0 Å². The molecule has 0 aliphatic carbocycles. The molecule has 4 rings (SSSR count). The van der Waals surface area contributed by atoms with Crippen LogP contribution in [0.5, 0.6) is 5.75 Å². The molecule has 0 radical (unpaired) electrons. The minimum absolute atomic E-state index is 0.166. The second kappa shape index (κ2) is 9.55. The Balaban J connectivity index is 1.84. The summed E-state index contributed by atoms with van der Waals surface area (Å²) in [6.07, 6.45) is 1.18. The number of alkyl halides is 1. The van der Waals surface area contributed by atoms with Gasteiger partial charge in [0, 0.05) is 17.1 Å². The number of halogens is 1. The van der Waals surface area contributed by atoms with E-state index in [1.165, 1.54) is 9.80 Å². The summed E-state index contributed by atoms with van der Waals surface area (Å²) in [4.78, 5) is 43.0. The lowest BCUT2D eigenvalue weighted by molar-refractivity contribution is -0.151. The number of methoxy groups -OCH3 is 1. The van der Waals surface area contributed by atoms with E-state index in [2.05, 4.69) is 22.5 Å². The third-order valence-corrected chi connectivity index (χ3v) is 8.37. The van der Waals surface area contributed by atoms with Crippen LogP contribution in [0.1, 0.15) is 20.3 Å². The number of hydrogen-bond donors (Lipinski definition) is 2. The maximum absolute atomic E-state index is 14.3. The summed E-state index contributed by atoms with van der Waals surface area (Å²) >= 11 is 3.54. The summed E-state index contributed by atoms with van der Waals surface area (Å²) in [5.41, 5.74) is -0.740. The van der Waals surface area contributed by atoms with Gasteiger partial charge in [0.2, 0.25) is 5.91 Å². The molecule has 3 fully saturated rings.